The van der Waals surface area contributed by atoms with Crippen LogP contribution in [-0.2, 0) is 6.54 Å². The largest absolute Gasteiger partial charge is 0.352 e. The van der Waals surface area contributed by atoms with E-state index in [-0.39, 0.29) is 6.03 Å². The maximum Gasteiger partial charge on any atom is 0.315 e. The third-order valence-corrected chi connectivity index (χ3v) is 3.10. The average molecular weight is 311 g/mol. The first-order valence-electron chi connectivity index (χ1n) is 7.26. The van der Waals surface area contributed by atoms with Gasteiger partial charge in [-0.2, -0.15) is 0 Å². The zero-order valence-corrected chi connectivity index (χ0v) is 12.4. The SMILES string of the molecule is O=C(NCCNc1ncccn1)NCc1cn2ccccc2n1. The molecule has 2 amide bonds. The van der Waals surface area contributed by atoms with E-state index < -0.39 is 0 Å². The molecule has 0 aliphatic carbocycles. The molecule has 0 aromatic carbocycles. The molecule has 23 heavy (non-hydrogen) atoms. The van der Waals surface area contributed by atoms with Crippen LogP contribution in [0.25, 0.3) is 5.65 Å². The Balaban J connectivity index is 1.38. The Morgan fingerprint density at radius 2 is 1.96 bits per heavy atom. The van der Waals surface area contributed by atoms with Gasteiger partial charge in [0.05, 0.1) is 12.2 Å². The van der Waals surface area contributed by atoms with Crippen molar-refractivity contribution in [3.8, 4) is 0 Å². The van der Waals surface area contributed by atoms with Crippen LogP contribution in [0.2, 0.25) is 0 Å². The van der Waals surface area contributed by atoms with Gasteiger partial charge in [0.1, 0.15) is 5.65 Å². The van der Waals surface area contributed by atoms with Gasteiger partial charge in [-0.15, -0.1) is 0 Å². The van der Waals surface area contributed by atoms with Crippen molar-refractivity contribution in [3.05, 3.63) is 54.7 Å². The van der Waals surface area contributed by atoms with Gasteiger partial charge in [-0.3, -0.25) is 0 Å². The monoisotopic (exact) mass is 311 g/mol. The minimum Gasteiger partial charge on any atom is -0.352 e. The summed E-state index contributed by atoms with van der Waals surface area (Å²) in [5.74, 6) is 0.541. The predicted octanol–water partition coefficient (Wildman–Crippen LogP) is 1.04. The molecule has 3 N–H and O–H groups in total. The molecule has 3 aromatic heterocycles. The lowest BCUT2D eigenvalue weighted by Crippen LogP contribution is -2.37. The molecule has 0 aliphatic heterocycles. The van der Waals surface area contributed by atoms with E-state index in [2.05, 4.69) is 30.9 Å². The number of rotatable bonds is 6. The van der Waals surface area contributed by atoms with Gasteiger partial charge in [0.2, 0.25) is 5.95 Å². The number of aromatic nitrogens is 4. The van der Waals surface area contributed by atoms with Gasteiger partial charge in [0.15, 0.2) is 0 Å². The Morgan fingerprint density at radius 3 is 2.78 bits per heavy atom. The van der Waals surface area contributed by atoms with Crippen molar-refractivity contribution < 1.29 is 4.79 Å². The first kappa shape index (κ1) is 14.8. The van der Waals surface area contributed by atoms with Gasteiger partial charge < -0.3 is 20.4 Å². The lowest BCUT2D eigenvalue weighted by Gasteiger charge is -2.07. The van der Waals surface area contributed by atoms with Crippen LogP contribution in [0.15, 0.2) is 49.1 Å². The van der Waals surface area contributed by atoms with Crippen molar-refractivity contribution in [2.75, 3.05) is 18.4 Å². The number of fused-ring (bicyclic) bond motifs is 1. The van der Waals surface area contributed by atoms with E-state index in [9.17, 15) is 4.79 Å². The van der Waals surface area contributed by atoms with Crippen molar-refractivity contribution in [3.63, 3.8) is 0 Å². The number of nitrogens with one attached hydrogen (secondary N) is 3. The first-order chi connectivity index (χ1) is 11.3. The highest BCUT2D eigenvalue weighted by atomic mass is 16.2. The summed E-state index contributed by atoms with van der Waals surface area (Å²) in [6.45, 7) is 1.39. The summed E-state index contributed by atoms with van der Waals surface area (Å²) in [6.07, 6.45) is 7.13. The quantitative estimate of drug-likeness (QED) is 0.591. The van der Waals surface area contributed by atoms with Crippen molar-refractivity contribution in [2.45, 2.75) is 6.54 Å². The summed E-state index contributed by atoms with van der Waals surface area (Å²) in [6, 6.07) is 7.28. The van der Waals surface area contributed by atoms with E-state index in [0.29, 0.717) is 25.6 Å². The highest BCUT2D eigenvalue weighted by Crippen LogP contribution is 2.03. The molecule has 118 valence electrons. The number of carbonyl (C=O) groups is 1. The van der Waals surface area contributed by atoms with Crippen molar-refractivity contribution in [2.24, 2.45) is 0 Å². The van der Waals surface area contributed by atoms with E-state index in [0.717, 1.165) is 11.3 Å². The topological polar surface area (TPSA) is 96.2 Å². The summed E-state index contributed by atoms with van der Waals surface area (Å²) >= 11 is 0. The highest BCUT2D eigenvalue weighted by molar-refractivity contribution is 5.73. The third kappa shape index (κ3) is 4.16. The van der Waals surface area contributed by atoms with Crippen molar-refractivity contribution >= 4 is 17.6 Å². The van der Waals surface area contributed by atoms with Gasteiger partial charge in [0, 0.05) is 37.9 Å². The van der Waals surface area contributed by atoms with Crippen LogP contribution in [0.3, 0.4) is 0 Å². The molecule has 0 aliphatic rings. The zero-order valence-electron chi connectivity index (χ0n) is 12.4. The second-order valence-corrected chi connectivity index (χ2v) is 4.81. The van der Waals surface area contributed by atoms with E-state index in [1.165, 1.54) is 0 Å². The first-order valence-corrected chi connectivity index (χ1v) is 7.26. The molecule has 3 rings (SSSR count). The van der Waals surface area contributed by atoms with Crippen LogP contribution in [0.1, 0.15) is 5.69 Å². The van der Waals surface area contributed by atoms with E-state index >= 15 is 0 Å². The van der Waals surface area contributed by atoms with Gasteiger partial charge in [-0.1, -0.05) is 6.07 Å². The molecule has 0 spiro atoms. The number of carbonyl (C=O) groups excluding carboxylic acids is 1. The van der Waals surface area contributed by atoms with Crippen LogP contribution < -0.4 is 16.0 Å². The van der Waals surface area contributed by atoms with Crippen LogP contribution >= 0.6 is 0 Å². The van der Waals surface area contributed by atoms with Crippen LogP contribution in [0, 0.1) is 0 Å². The van der Waals surface area contributed by atoms with Crippen molar-refractivity contribution in [1.82, 2.24) is 30.0 Å². The van der Waals surface area contributed by atoms with E-state index in [1.54, 1.807) is 18.5 Å². The molecule has 8 nitrogen and oxygen atoms in total. The molecule has 8 heteroatoms. The molecule has 0 radical (unpaired) electrons. The van der Waals surface area contributed by atoms with Gasteiger partial charge in [0.25, 0.3) is 0 Å². The van der Waals surface area contributed by atoms with E-state index in [1.807, 2.05) is 35.0 Å². The average Bonchev–Trinajstić information content (AvgIpc) is 3.01. The Labute approximate surface area is 133 Å². The van der Waals surface area contributed by atoms with E-state index in [4.69, 9.17) is 0 Å². The third-order valence-electron chi connectivity index (χ3n) is 3.10. The maximum absolute atomic E-state index is 11.7. The molecule has 0 saturated carbocycles. The number of hydrogen-bond donors (Lipinski definition) is 3. The molecule has 3 heterocycles. The van der Waals surface area contributed by atoms with Crippen molar-refractivity contribution in [1.29, 1.82) is 0 Å². The molecular weight excluding hydrogens is 294 g/mol. The number of amides is 2. The summed E-state index contributed by atoms with van der Waals surface area (Å²) in [7, 11) is 0. The molecule has 0 bridgehead atoms. The second-order valence-electron chi connectivity index (χ2n) is 4.81. The Kier molecular flexibility index (Phi) is 4.63. The number of urea groups is 1. The number of imidazole rings is 1. The smallest absolute Gasteiger partial charge is 0.315 e. The minimum absolute atomic E-state index is 0.238. The second kappa shape index (κ2) is 7.21. The zero-order chi connectivity index (χ0) is 15.9. The van der Waals surface area contributed by atoms with Gasteiger partial charge >= 0.3 is 6.03 Å². The fourth-order valence-corrected chi connectivity index (χ4v) is 2.05. The summed E-state index contributed by atoms with van der Waals surface area (Å²) in [5, 5.41) is 8.54. The Hall–Kier alpha value is -3.16. The van der Waals surface area contributed by atoms with Crippen LogP contribution in [0.4, 0.5) is 10.7 Å². The fraction of sp³-hybridized carbons (Fsp3) is 0.200. The van der Waals surface area contributed by atoms with Gasteiger partial charge in [-0.25, -0.2) is 19.7 Å². The molecule has 3 aromatic rings. The number of anilines is 1. The molecule has 0 unspecified atom stereocenters. The Morgan fingerprint density at radius 1 is 1.09 bits per heavy atom. The summed E-state index contributed by atoms with van der Waals surface area (Å²) in [4.78, 5) is 24.2. The number of nitrogens with zero attached hydrogens (tertiary/aromatic N) is 4. The highest BCUT2D eigenvalue weighted by Gasteiger charge is 2.03. The molecular formula is C15H17N7O. The lowest BCUT2D eigenvalue weighted by molar-refractivity contribution is 0.241. The Bertz CT molecular complexity index is 739. The molecule has 0 saturated heterocycles. The molecule has 0 fully saturated rings. The maximum atomic E-state index is 11.7. The summed E-state index contributed by atoms with van der Waals surface area (Å²) < 4.78 is 1.92. The number of pyridine rings is 1. The van der Waals surface area contributed by atoms with Gasteiger partial charge in [-0.05, 0) is 18.2 Å². The van der Waals surface area contributed by atoms with Crippen LogP contribution in [0.5, 0.6) is 0 Å². The van der Waals surface area contributed by atoms with Crippen LogP contribution in [-0.4, -0.2) is 38.5 Å². The minimum atomic E-state index is -0.238. The fourth-order valence-electron chi connectivity index (χ4n) is 2.05. The summed E-state index contributed by atoms with van der Waals surface area (Å²) in [5.41, 5.74) is 1.67. The standard InChI is InChI=1S/C15H17N7O/c23-15(19-8-7-18-14-16-5-3-6-17-14)20-10-12-11-22-9-2-1-4-13(22)21-12/h1-6,9,11H,7-8,10H2,(H,16,17,18)(H2,19,20,23). The normalized spacial score (nSPS) is 10.4. The molecule has 0 atom stereocenters. The number of hydrogen-bond acceptors (Lipinski definition) is 5. The lowest BCUT2D eigenvalue weighted by atomic mass is 10.5. The predicted molar refractivity (Wildman–Crippen MR) is 86.0 cm³/mol.